The number of para-hydroxylation sites is 1. The van der Waals surface area contributed by atoms with Gasteiger partial charge in [0.25, 0.3) is 5.91 Å². The Balaban J connectivity index is 1.59. The molecule has 0 bridgehead atoms. The van der Waals surface area contributed by atoms with Crippen LogP contribution in [-0.2, 0) is 21.2 Å². The molecule has 0 atom stereocenters. The van der Waals surface area contributed by atoms with Gasteiger partial charge in [-0.25, -0.2) is 17.2 Å². The molecule has 38 heavy (non-hydrogen) atoms. The molecule has 1 aromatic heterocycles. The van der Waals surface area contributed by atoms with Crippen LogP contribution in [0.3, 0.4) is 0 Å². The molecule has 0 radical (unpaired) electrons. The molecule has 2 aromatic carbocycles. The average Bonchev–Trinajstić information content (AvgIpc) is 2.89. The van der Waals surface area contributed by atoms with Crippen LogP contribution in [-0.4, -0.2) is 48.4 Å². The number of sulfone groups is 1. The van der Waals surface area contributed by atoms with Crippen molar-refractivity contribution in [2.24, 2.45) is 5.73 Å². The molecule has 1 saturated heterocycles. The summed E-state index contributed by atoms with van der Waals surface area (Å²) in [6.45, 7) is 3.97. The molecule has 1 fully saturated rings. The van der Waals surface area contributed by atoms with Crippen LogP contribution in [0.15, 0.2) is 89.7 Å². The van der Waals surface area contributed by atoms with E-state index in [4.69, 9.17) is 5.73 Å². The number of hydrogen-bond donors (Lipinski definition) is 2. The number of amides is 1. The van der Waals surface area contributed by atoms with Crippen molar-refractivity contribution in [3.05, 3.63) is 112 Å². The van der Waals surface area contributed by atoms with Crippen LogP contribution in [0.4, 0.5) is 8.78 Å². The monoisotopic (exact) mass is 540 g/mol. The van der Waals surface area contributed by atoms with Gasteiger partial charge in [0.05, 0.1) is 28.5 Å². The van der Waals surface area contributed by atoms with Crippen LogP contribution in [0.5, 0.6) is 0 Å². The van der Waals surface area contributed by atoms with E-state index in [-0.39, 0.29) is 58.9 Å². The molecule has 1 aliphatic rings. The van der Waals surface area contributed by atoms with Gasteiger partial charge in [-0.15, -0.1) is 0 Å². The Morgan fingerprint density at radius 3 is 2.50 bits per heavy atom. The van der Waals surface area contributed by atoms with E-state index in [9.17, 15) is 26.8 Å². The number of halogens is 2. The number of nitrogens with one attached hydrogen (secondary N) is 1. The van der Waals surface area contributed by atoms with Crippen LogP contribution >= 0.6 is 0 Å². The van der Waals surface area contributed by atoms with Crippen molar-refractivity contribution in [3.8, 4) is 5.69 Å². The fourth-order valence-corrected chi connectivity index (χ4v) is 5.29. The van der Waals surface area contributed by atoms with Gasteiger partial charge >= 0.3 is 0 Å². The first kappa shape index (κ1) is 26.8. The lowest BCUT2D eigenvalue weighted by atomic mass is 10.1. The maximum absolute atomic E-state index is 14.6. The summed E-state index contributed by atoms with van der Waals surface area (Å²) in [7, 11) is -3.06. The number of carbonyl (C=O) groups excluding carboxylic acids is 1. The topological polar surface area (TPSA) is 114 Å². The van der Waals surface area contributed by atoms with Crippen molar-refractivity contribution in [1.29, 1.82) is 0 Å². The largest absolute Gasteiger partial charge is 0.385 e. The zero-order valence-electron chi connectivity index (χ0n) is 20.4. The van der Waals surface area contributed by atoms with Gasteiger partial charge in [0.2, 0.25) is 0 Å². The molecule has 11 heteroatoms. The highest BCUT2D eigenvalue weighted by molar-refractivity contribution is 7.91. The Morgan fingerprint density at radius 1 is 1.11 bits per heavy atom. The predicted molar refractivity (Wildman–Crippen MR) is 142 cm³/mol. The number of allylic oxidation sites excluding steroid dienone is 2. The number of nitrogens with two attached hydrogens (primary N) is 1. The zero-order chi connectivity index (χ0) is 27.4. The molecule has 1 amide bonds. The second kappa shape index (κ2) is 11.0. The molecule has 3 aromatic rings. The first-order chi connectivity index (χ1) is 18.1. The second-order valence-electron chi connectivity index (χ2n) is 8.71. The fourth-order valence-electron chi connectivity index (χ4n) is 4.09. The molecule has 4 rings (SSSR count). The lowest BCUT2D eigenvalue weighted by Gasteiger charge is -2.28. The van der Waals surface area contributed by atoms with Gasteiger partial charge in [0.1, 0.15) is 11.6 Å². The van der Waals surface area contributed by atoms with Crippen molar-refractivity contribution < 1.29 is 22.0 Å². The lowest BCUT2D eigenvalue weighted by molar-refractivity contribution is -0.117. The molecule has 0 spiro atoms. The van der Waals surface area contributed by atoms with Gasteiger partial charge in [-0.2, -0.15) is 0 Å². The Hall–Kier alpha value is -4.25. The van der Waals surface area contributed by atoms with Crippen molar-refractivity contribution in [2.45, 2.75) is 6.54 Å². The number of carbonyl (C=O) groups is 1. The molecule has 1 aliphatic heterocycles. The summed E-state index contributed by atoms with van der Waals surface area (Å²) in [4.78, 5) is 27.6. The number of benzene rings is 2. The highest BCUT2D eigenvalue weighted by Gasteiger charge is 2.22. The Kier molecular flexibility index (Phi) is 7.77. The molecule has 198 valence electrons. The minimum absolute atomic E-state index is 0.00284. The van der Waals surface area contributed by atoms with E-state index in [1.165, 1.54) is 53.3 Å². The van der Waals surface area contributed by atoms with Crippen LogP contribution in [0.1, 0.15) is 5.56 Å². The summed E-state index contributed by atoms with van der Waals surface area (Å²) in [5.74, 6) is -1.37. The summed E-state index contributed by atoms with van der Waals surface area (Å²) in [6.07, 6.45) is 5.63. The smallest absolute Gasteiger partial charge is 0.251 e. The molecule has 2 heterocycles. The Bertz CT molecular complexity index is 1630. The Labute approximate surface area is 218 Å². The van der Waals surface area contributed by atoms with Gasteiger partial charge < -0.3 is 20.5 Å². The molecule has 8 nitrogen and oxygen atoms in total. The number of aromatic nitrogens is 1. The van der Waals surface area contributed by atoms with Crippen molar-refractivity contribution in [2.75, 3.05) is 24.6 Å². The number of pyridine rings is 1. The van der Waals surface area contributed by atoms with E-state index < -0.39 is 32.8 Å². The SMILES string of the molecule is C=C/C(=C\C=C(/N)N1CCS(=O)(=O)CC1)C(=O)NCc1cn(-c2ccccc2F)c2cc(F)ccc2c1=O. The van der Waals surface area contributed by atoms with Crippen LogP contribution in [0.25, 0.3) is 16.6 Å². The number of nitrogens with zero attached hydrogens (tertiary/aromatic N) is 2. The molecule has 0 aliphatic carbocycles. The zero-order valence-corrected chi connectivity index (χ0v) is 21.2. The third-order valence-corrected chi connectivity index (χ3v) is 7.83. The maximum atomic E-state index is 14.6. The van der Waals surface area contributed by atoms with Gasteiger partial charge in [-0.1, -0.05) is 24.8 Å². The first-order valence-electron chi connectivity index (χ1n) is 11.7. The first-order valence-corrected chi connectivity index (χ1v) is 13.5. The maximum Gasteiger partial charge on any atom is 0.251 e. The number of hydrogen-bond acceptors (Lipinski definition) is 6. The third kappa shape index (κ3) is 5.83. The summed E-state index contributed by atoms with van der Waals surface area (Å²) in [5.41, 5.74) is 6.25. The molecule has 3 N–H and O–H groups in total. The summed E-state index contributed by atoms with van der Waals surface area (Å²) in [6, 6.07) is 9.51. The van der Waals surface area contributed by atoms with Crippen molar-refractivity contribution in [1.82, 2.24) is 14.8 Å². The molecular formula is C27H26F2N4O4S. The summed E-state index contributed by atoms with van der Waals surface area (Å²) < 4.78 is 53.2. The normalized spacial score (nSPS) is 15.9. The van der Waals surface area contributed by atoms with Gasteiger partial charge in [0.15, 0.2) is 15.3 Å². The van der Waals surface area contributed by atoms with Gasteiger partial charge in [-0.3, -0.25) is 9.59 Å². The molecular weight excluding hydrogens is 514 g/mol. The standard InChI is InChI=1S/C27H26F2N4O4S/c1-2-18(7-10-25(30)32-11-13-38(36,37)14-12-32)27(35)31-16-19-17-33(23-6-4-3-5-22(23)29)24-15-20(28)8-9-21(24)26(19)34/h2-10,15,17H,1,11-14,16,30H2,(H,31,35)/b18-7+,25-10+. The van der Waals surface area contributed by atoms with Crippen molar-refractivity contribution >= 4 is 26.6 Å². The number of fused-ring (bicyclic) bond motifs is 1. The molecule has 0 saturated carbocycles. The predicted octanol–water partition coefficient (Wildman–Crippen LogP) is 2.53. The van der Waals surface area contributed by atoms with Gasteiger partial charge in [-0.05, 0) is 42.5 Å². The van der Waals surface area contributed by atoms with E-state index >= 15 is 0 Å². The van der Waals surface area contributed by atoms with Gasteiger partial charge in [0, 0.05) is 42.4 Å². The highest BCUT2D eigenvalue weighted by Crippen LogP contribution is 2.21. The minimum Gasteiger partial charge on any atom is -0.385 e. The van der Waals surface area contributed by atoms with Crippen molar-refractivity contribution in [3.63, 3.8) is 0 Å². The summed E-state index contributed by atoms with van der Waals surface area (Å²) >= 11 is 0. The van der Waals surface area contributed by atoms with Crippen LogP contribution in [0, 0.1) is 11.6 Å². The average molecular weight is 541 g/mol. The second-order valence-corrected chi connectivity index (χ2v) is 11.0. The van der Waals surface area contributed by atoms with Crippen LogP contribution < -0.4 is 16.5 Å². The van der Waals surface area contributed by atoms with E-state index in [0.29, 0.717) is 5.82 Å². The molecule has 0 unspecified atom stereocenters. The lowest BCUT2D eigenvalue weighted by Crippen LogP contribution is -2.41. The van der Waals surface area contributed by atoms with E-state index in [1.807, 2.05) is 0 Å². The van der Waals surface area contributed by atoms with E-state index in [0.717, 1.165) is 12.1 Å². The third-order valence-electron chi connectivity index (χ3n) is 6.22. The Morgan fingerprint density at radius 2 is 1.82 bits per heavy atom. The summed E-state index contributed by atoms with van der Waals surface area (Å²) in [5, 5.41) is 2.82. The fraction of sp³-hybridized carbons (Fsp3) is 0.185. The van der Waals surface area contributed by atoms with E-state index in [1.54, 1.807) is 11.0 Å². The minimum atomic E-state index is -3.06. The quantitative estimate of drug-likeness (QED) is 0.352. The van der Waals surface area contributed by atoms with Crippen LogP contribution in [0.2, 0.25) is 0 Å². The highest BCUT2D eigenvalue weighted by atomic mass is 32.2. The number of rotatable bonds is 7. The van der Waals surface area contributed by atoms with E-state index in [2.05, 4.69) is 11.9 Å².